The molecular formula is C11H10N4O4. The lowest BCUT2D eigenvalue weighted by atomic mass is 10.2. The van der Waals surface area contributed by atoms with Gasteiger partial charge in [0.2, 0.25) is 0 Å². The first-order valence-electron chi connectivity index (χ1n) is 5.33. The van der Waals surface area contributed by atoms with Gasteiger partial charge in [-0.05, 0) is 25.1 Å². The van der Waals surface area contributed by atoms with Crippen molar-refractivity contribution in [3.05, 3.63) is 62.5 Å². The van der Waals surface area contributed by atoms with Crippen LogP contribution < -0.4 is 5.43 Å². The fourth-order valence-electron chi connectivity index (χ4n) is 1.60. The maximum atomic E-state index is 10.9. The van der Waals surface area contributed by atoms with Crippen molar-refractivity contribution in [3.63, 3.8) is 0 Å². The molecule has 0 amide bonds. The van der Waals surface area contributed by atoms with Crippen molar-refractivity contribution in [2.75, 3.05) is 5.43 Å². The summed E-state index contributed by atoms with van der Waals surface area (Å²) in [6.45, 7) is 1.82. The van der Waals surface area contributed by atoms with Crippen molar-refractivity contribution < 1.29 is 9.85 Å². The van der Waals surface area contributed by atoms with Crippen LogP contribution in [-0.4, -0.2) is 14.5 Å². The molecule has 0 spiro atoms. The lowest BCUT2D eigenvalue weighted by molar-refractivity contribution is -0.393. The molecule has 1 aromatic heterocycles. The van der Waals surface area contributed by atoms with Crippen LogP contribution in [0.2, 0.25) is 0 Å². The van der Waals surface area contributed by atoms with E-state index < -0.39 is 9.85 Å². The molecule has 0 fully saturated rings. The highest BCUT2D eigenvalue weighted by Crippen LogP contribution is 2.29. The zero-order valence-electron chi connectivity index (χ0n) is 9.94. The Morgan fingerprint density at radius 2 is 1.89 bits per heavy atom. The second kappa shape index (κ2) is 4.77. The molecule has 0 saturated carbocycles. The highest BCUT2D eigenvalue weighted by molar-refractivity contribution is 5.65. The van der Waals surface area contributed by atoms with Crippen molar-refractivity contribution in [2.45, 2.75) is 6.92 Å². The quantitative estimate of drug-likeness (QED) is 0.673. The van der Waals surface area contributed by atoms with Gasteiger partial charge in [0.25, 0.3) is 5.69 Å². The van der Waals surface area contributed by atoms with Crippen molar-refractivity contribution in [2.24, 2.45) is 0 Å². The molecule has 0 aliphatic heterocycles. The largest absolute Gasteiger partial charge is 0.300 e. The maximum absolute atomic E-state index is 10.9. The number of hydrogen-bond donors (Lipinski definition) is 1. The average molecular weight is 262 g/mol. The third-order valence-electron chi connectivity index (χ3n) is 2.58. The number of nitrogens with one attached hydrogen (secondary N) is 1. The van der Waals surface area contributed by atoms with Gasteiger partial charge in [-0.3, -0.25) is 30.3 Å². The summed E-state index contributed by atoms with van der Waals surface area (Å²) in [5.41, 5.74) is 3.20. The zero-order chi connectivity index (χ0) is 14.0. The molecule has 0 unspecified atom stereocenters. The van der Waals surface area contributed by atoms with Crippen LogP contribution in [0.15, 0.2) is 36.5 Å². The van der Waals surface area contributed by atoms with E-state index in [9.17, 15) is 20.2 Å². The van der Waals surface area contributed by atoms with Gasteiger partial charge in [-0.1, -0.05) is 0 Å². The Kier molecular flexibility index (Phi) is 3.15. The fraction of sp³-hybridized carbons (Fsp3) is 0.0909. The molecule has 98 valence electrons. The van der Waals surface area contributed by atoms with Crippen LogP contribution in [-0.2, 0) is 0 Å². The normalized spacial score (nSPS) is 10.2. The van der Waals surface area contributed by atoms with Crippen molar-refractivity contribution in [1.82, 2.24) is 4.68 Å². The summed E-state index contributed by atoms with van der Waals surface area (Å²) in [7, 11) is 0. The Balaban J connectivity index is 2.43. The van der Waals surface area contributed by atoms with Gasteiger partial charge in [0.1, 0.15) is 5.69 Å². The summed E-state index contributed by atoms with van der Waals surface area (Å²) in [5, 5.41) is 21.6. The van der Waals surface area contributed by atoms with Gasteiger partial charge in [0.05, 0.1) is 15.9 Å². The Labute approximate surface area is 107 Å². The van der Waals surface area contributed by atoms with Gasteiger partial charge in [-0.2, -0.15) is 0 Å². The van der Waals surface area contributed by atoms with E-state index in [1.165, 1.54) is 12.1 Å². The molecule has 0 atom stereocenters. The number of aryl methyl sites for hydroxylation is 1. The van der Waals surface area contributed by atoms with E-state index in [1.807, 2.05) is 13.0 Å². The second-order valence-electron chi connectivity index (χ2n) is 3.85. The molecular weight excluding hydrogens is 252 g/mol. The van der Waals surface area contributed by atoms with Crippen LogP contribution in [0.1, 0.15) is 5.69 Å². The van der Waals surface area contributed by atoms with Crippen LogP contribution in [0, 0.1) is 27.2 Å². The molecule has 0 radical (unpaired) electrons. The van der Waals surface area contributed by atoms with Gasteiger partial charge < -0.3 is 0 Å². The minimum Gasteiger partial charge on any atom is -0.288 e. The summed E-state index contributed by atoms with van der Waals surface area (Å²) in [4.78, 5) is 20.2. The minimum absolute atomic E-state index is 0.190. The maximum Gasteiger partial charge on any atom is 0.300 e. The third-order valence-corrected chi connectivity index (χ3v) is 2.58. The van der Waals surface area contributed by atoms with Crippen molar-refractivity contribution >= 4 is 17.1 Å². The van der Waals surface area contributed by atoms with Gasteiger partial charge >= 0.3 is 5.69 Å². The smallest absolute Gasteiger partial charge is 0.288 e. The molecule has 1 heterocycles. The van der Waals surface area contributed by atoms with Crippen LogP contribution >= 0.6 is 0 Å². The summed E-state index contributed by atoms with van der Waals surface area (Å²) >= 11 is 0. The molecule has 0 aliphatic rings. The van der Waals surface area contributed by atoms with E-state index in [0.29, 0.717) is 0 Å². The first kappa shape index (κ1) is 12.6. The van der Waals surface area contributed by atoms with E-state index in [4.69, 9.17) is 0 Å². The lowest BCUT2D eigenvalue weighted by Gasteiger charge is -2.10. The summed E-state index contributed by atoms with van der Waals surface area (Å²) in [6, 6.07) is 7.06. The third kappa shape index (κ3) is 2.51. The van der Waals surface area contributed by atoms with Crippen molar-refractivity contribution in [1.29, 1.82) is 0 Å². The summed E-state index contributed by atoms with van der Waals surface area (Å²) in [5.74, 6) is 0. The molecule has 2 aromatic rings. The number of benzene rings is 1. The highest BCUT2D eigenvalue weighted by atomic mass is 16.6. The molecule has 19 heavy (non-hydrogen) atoms. The molecule has 8 heteroatoms. The second-order valence-corrected chi connectivity index (χ2v) is 3.85. The molecule has 0 aliphatic carbocycles. The zero-order valence-corrected chi connectivity index (χ0v) is 9.94. The minimum atomic E-state index is -0.669. The molecule has 2 rings (SSSR count). The number of anilines is 1. The van der Waals surface area contributed by atoms with E-state index >= 15 is 0 Å². The monoisotopic (exact) mass is 262 g/mol. The number of nitro benzene ring substituents is 2. The van der Waals surface area contributed by atoms with Gasteiger partial charge in [0, 0.05) is 18.0 Å². The van der Waals surface area contributed by atoms with E-state index in [1.54, 1.807) is 16.9 Å². The van der Waals surface area contributed by atoms with Crippen LogP contribution in [0.3, 0.4) is 0 Å². The van der Waals surface area contributed by atoms with Crippen LogP contribution in [0.4, 0.5) is 17.1 Å². The topological polar surface area (TPSA) is 103 Å². The predicted octanol–water partition coefficient (Wildman–Crippen LogP) is 2.49. The number of hydrogen-bond acceptors (Lipinski definition) is 5. The average Bonchev–Trinajstić information content (AvgIpc) is 2.75. The molecule has 0 saturated heterocycles. The van der Waals surface area contributed by atoms with Gasteiger partial charge in [-0.25, -0.2) is 0 Å². The van der Waals surface area contributed by atoms with Crippen molar-refractivity contribution in [3.8, 4) is 0 Å². The highest BCUT2D eigenvalue weighted by Gasteiger charge is 2.19. The fourth-order valence-corrected chi connectivity index (χ4v) is 1.60. The van der Waals surface area contributed by atoms with Gasteiger partial charge in [0.15, 0.2) is 0 Å². The Hall–Kier alpha value is -2.90. The number of nitro groups is 2. The Bertz CT molecular complexity index is 650. The molecule has 0 bridgehead atoms. The lowest BCUT2D eigenvalue weighted by Crippen LogP contribution is -2.10. The van der Waals surface area contributed by atoms with Crippen LogP contribution in [0.5, 0.6) is 0 Å². The molecule has 1 aromatic carbocycles. The first-order valence-corrected chi connectivity index (χ1v) is 5.33. The van der Waals surface area contributed by atoms with E-state index in [-0.39, 0.29) is 17.1 Å². The SMILES string of the molecule is Cc1cccn1Nc1ccc([N+](=O)[O-])cc1[N+](=O)[O-]. The number of nitrogens with zero attached hydrogens (tertiary/aromatic N) is 3. The van der Waals surface area contributed by atoms with Gasteiger partial charge in [-0.15, -0.1) is 0 Å². The Morgan fingerprint density at radius 3 is 2.42 bits per heavy atom. The summed E-state index contributed by atoms with van der Waals surface area (Å²) < 4.78 is 1.59. The number of rotatable bonds is 4. The first-order chi connectivity index (χ1) is 8.99. The number of aromatic nitrogens is 1. The predicted molar refractivity (Wildman–Crippen MR) is 67.9 cm³/mol. The summed E-state index contributed by atoms with van der Waals surface area (Å²) in [6.07, 6.45) is 1.69. The molecule has 8 nitrogen and oxygen atoms in total. The Morgan fingerprint density at radius 1 is 1.16 bits per heavy atom. The van der Waals surface area contributed by atoms with Crippen LogP contribution in [0.25, 0.3) is 0 Å². The number of non-ortho nitro benzene ring substituents is 1. The standard InChI is InChI=1S/C11H10N4O4/c1-8-3-2-6-13(8)12-10-5-4-9(14(16)17)7-11(10)15(18)19/h2-7,12H,1H3. The van der Waals surface area contributed by atoms with E-state index in [0.717, 1.165) is 11.8 Å². The van der Waals surface area contributed by atoms with E-state index in [2.05, 4.69) is 5.43 Å². The molecule has 1 N–H and O–H groups in total.